The molecule has 0 aliphatic carbocycles. The minimum Gasteiger partial charge on any atom is -0.493 e. The summed E-state index contributed by atoms with van der Waals surface area (Å²) in [5.41, 5.74) is 8.50. The Bertz CT molecular complexity index is 462. The fourth-order valence-corrected chi connectivity index (χ4v) is 2.81. The molecule has 4 heteroatoms. The van der Waals surface area contributed by atoms with Crippen LogP contribution >= 0.6 is 0 Å². The summed E-state index contributed by atoms with van der Waals surface area (Å²) in [5.74, 6) is 2.15. The molecule has 4 nitrogen and oxygen atoms in total. The van der Waals surface area contributed by atoms with Gasteiger partial charge in [0.15, 0.2) is 11.5 Å². The number of methoxy groups -OCH3 is 2. The Morgan fingerprint density at radius 3 is 2.30 bits per heavy atom. The van der Waals surface area contributed by atoms with E-state index in [1.54, 1.807) is 14.2 Å². The van der Waals surface area contributed by atoms with Gasteiger partial charge in [-0.2, -0.15) is 0 Å². The van der Waals surface area contributed by atoms with E-state index in [-0.39, 0.29) is 0 Å². The fourth-order valence-electron chi connectivity index (χ4n) is 2.81. The third-order valence-corrected chi connectivity index (χ3v) is 4.52. The minimum atomic E-state index is 0.501. The number of fused-ring (bicyclic) bond motifs is 1. The lowest BCUT2D eigenvalue weighted by atomic mass is 9.94. The molecule has 0 bridgehead atoms. The number of rotatable bonds is 5. The molecule has 0 saturated carbocycles. The summed E-state index contributed by atoms with van der Waals surface area (Å²) in [5, 5.41) is 0. The monoisotopic (exact) mass is 278 g/mol. The first-order chi connectivity index (χ1) is 9.60. The highest BCUT2D eigenvalue weighted by Crippen LogP contribution is 2.34. The summed E-state index contributed by atoms with van der Waals surface area (Å²) in [6.45, 7) is 7.25. The Balaban J connectivity index is 2.21. The van der Waals surface area contributed by atoms with E-state index >= 15 is 0 Å². The molecule has 1 aliphatic heterocycles. The van der Waals surface area contributed by atoms with Crippen LogP contribution in [-0.2, 0) is 13.0 Å². The molecular weight excluding hydrogens is 252 g/mol. The van der Waals surface area contributed by atoms with Gasteiger partial charge in [-0.25, -0.2) is 0 Å². The standard InChI is InChI=1S/C16H26N2O2/c1-11(9-17)12(2)18-6-5-13-7-15(19-3)16(20-4)8-14(13)10-18/h7-8,11-12H,5-6,9-10,17H2,1-4H3. The molecule has 0 aromatic heterocycles. The molecule has 0 fully saturated rings. The van der Waals surface area contributed by atoms with Crippen LogP contribution in [0.4, 0.5) is 0 Å². The average molecular weight is 278 g/mol. The van der Waals surface area contributed by atoms with Crippen LogP contribution in [0.5, 0.6) is 11.5 Å². The molecule has 112 valence electrons. The van der Waals surface area contributed by atoms with Gasteiger partial charge in [-0.15, -0.1) is 0 Å². The number of ether oxygens (including phenoxy) is 2. The summed E-state index contributed by atoms with van der Waals surface area (Å²) in [7, 11) is 3.37. The Hall–Kier alpha value is -1.26. The number of benzene rings is 1. The molecule has 2 unspecified atom stereocenters. The molecule has 2 N–H and O–H groups in total. The van der Waals surface area contributed by atoms with Crippen molar-refractivity contribution in [2.75, 3.05) is 27.3 Å². The van der Waals surface area contributed by atoms with Crippen molar-refractivity contribution in [2.45, 2.75) is 32.9 Å². The second-order valence-corrected chi connectivity index (χ2v) is 5.65. The third kappa shape index (κ3) is 2.91. The van der Waals surface area contributed by atoms with Gasteiger partial charge < -0.3 is 15.2 Å². The second-order valence-electron chi connectivity index (χ2n) is 5.65. The molecule has 0 radical (unpaired) electrons. The lowest BCUT2D eigenvalue weighted by Gasteiger charge is -2.36. The van der Waals surface area contributed by atoms with Gasteiger partial charge in [-0.05, 0) is 49.1 Å². The van der Waals surface area contributed by atoms with Gasteiger partial charge >= 0.3 is 0 Å². The molecular formula is C16H26N2O2. The number of hydrogen-bond acceptors (Lipinski definition) is 4. The average Bonchev–Trinajstić information content (AvgIpc) is 2.51. The number of nitrogens with zero attached hydrogens (tertiary/aromatic N) is 1. The quantitative estimate of drug-likeness (QED) is 0.895. The molecule has 1 aromatic carbocycles. The smallest absolute Gasteiger partial charge is 0.161 e. The zero-order valence-corrected chi connectivity index (χ0v) is 13.0. The van der Waals surface area contributed by atoms with Crippen molar-refractivity contribution in [2.24, 2.45) is 11.7 Å². The van der Waals surface area contributed by atoms with E-state index in [1.807, 2.05) is 0 Å². The second kappa shape index (κ2) is 6.46. The molecule has 2 rings (SSSR count). The topological polar surface area (TPSA) is 47.7 Å². The predicted octanol–water partition coefficient (Wildman–Crippen LogP) is 2.05. The van der Waals surface area contributed by atoms with Gasteiger partial charge in [0, 0.05) is 19.1 Å². The molecule has 0 saturated heterocycles. The summed E-state index contributed by atoms with van der Waals surface area (Å²) in [6.07, 6.45) is 1.05. The van der Waals surface area contributed by atoms with Crippen LogP contribution in [0.1, 0.15) is 25.0 Å². The van der Waals surface area contributed by atoms with Gasteiger partial charge in [0.25, 0.3) is 0 Å². The molecule has 1 aromatic rings. The van der Waals surface area contributed by atoms with Crippen molar-refractivity contribution >= 4 is 0 Å². The maximum absolute atomic E-state index is 5.79. The van der Waals surface area contributed by atoms with E-state index in [4.69, 9.17) is 15.2 Å². The Labute approximate surface area is 121 Å². The molecule has 20 heavy (non-hydrogen) atoms. The Kier molecular flexibility index (Phi) is 4.89. The van der Waals surface area contributed by atoms with Crippen molar-refractivity contribution in [1.82, 2.24) is 4.90 Å². The summed E-state index contributed by atoms with van der Waals surface area (Å²) in [4.78, 5) is 2.51. The Morgan fingerprint density at radius 1 is 1.15 bits per heavy atom. The summed E-state index contributed by atoms with van der Waals surface area (Å²) < 4.78 is 10.8. The molecule has 1 aliphatic rings. The van der Waals surface area contributed by atoms with Crippen LogP contribution in [0.15, 0.2) is 12.1 Å². The van der Waals surface area contributed by atoms with E-state index in [9.17, 15) is 0 Å². The van der Waals surface area contributed by atoms with E-state index in [1.165, 1.54) is 11.1 Å². The van der Waals surface area contributed by atoms with Gasteiger partial charge in [-0.1, -0.05) is 6.92 Å². The van der Waals surface area contributed by atoms with Crippen molar-refractivity contribution in [3.05, 3.63) is 23.3 Å². The maximum atomic E-state index is 5.79. The molecule has 1 heterocycles. The first-order valence-corrected chi connectivity index (χ1v) is 7.28. The molecule has 2 atom stereocenters. The van der Waals surface area contributed by atoms with E-state index in [0.717, 1.165) is 37.6 Å². The van der Waals surface area contributed by atoms with Crippen LogP contribution in [0.25, 0.3) is 0 Å². The van der Waals surface area contributed by atoms with Crippen molar-refractivity contribution in [3.8, 4) is 11.5 Å². The number of hydrogen-bond donors (Lipinski definition) is 1. The van der Waals surface area contributed by atoms with E-state index in [0.29, 0.717) is 12.0 Å². The highest BCUT2D eigenvalue weighted by molar-refractivity contribution is 5.48. The molecule has 0 amide bonds. The van der Waals surface area contributed by atoms with Crippen LogP contribution in [0, 0.1) is 5.92 Å². The van der Waals surface area contributed by atoms with E-state index in [2.05, 4.69) is 30.9 Å². The minimum absolute atomic E-state index is 0.501. The Morgan fingerprint density at radius 2 is 1.75 bits per heavy atom. The van der Waals surface area contributed by atoms with Crippen LogP contribution in [-0.4, -0.2) is 38.3 Å². The number of nitrogens with two attached hydrogens (primary N) is 1. The fraction of sp³-hybridized carbons (Fsp3) is 0.625. The SMILES string of the molecule is COc1cc2c(cc1OC)CN(C(C)C(C)CN)CC2. The van der Waals surface area contributed by atoms with Gasteiger partial charge in [0.05, 0.1) is 14.2 Å². The van der Waals surface area contributed by atoms with Gasteiger partial charge in [-0.3, -0.25) is 4.90 Å². The maximum Gasteiger partial charge on any atom is 0.161 e. The van der Waals surface area contributed by atoms with Gasteiger partial charge in [0.2, 0.25) is 0 Å². The summed E-state index contributed by atoms with van der Waals surface area (Å²) >= 11 is 0. The lowest BCUT2D eigenvalue weighted by molar-refractivity contribution is 0.148. The van der Waals surface area contributed by atoms with E-state index < -0.39 is 0 Å². The van der Waals surface area contributed by atoms with Crippen molar-refractivity contribution in [3.63, 3.8) is 0 Å². The predicted molar refractivity (Wildman–Crippen MR) is 81.3 cm³/mol. The van der Waals surface area contributed by atoms with Crippen LogP contribution < -0.4 is 15.2 Å². The van der Waals surface area contributed by atoms with Gasteiger partial charge in [0.1, 0.15) is 0 Å². The highest BCUT2D eigenvalue weighted by Gasteiger charge is 2.25. The summed E-state index contributed by atoms with van der Waals surface area (Å²) in [6, 6.07) is 4.73. The van der Waals surface area contributed by atoms with Crippen LogP contribution in [0.3, 0.4) is 0 Å². The highest BCUT2D eigenvalue weighted by atomic mass is 16.5. The first-order valence-electron chi connectivity index (χ1n) is 7.28. The van der Waals surface area contributed by atoms with Crippen molar-refractivity contribution in [1.29, 1.82) is 0 Å². The third-order valence-electron chi connectivity index (χ3n) is 4.52. The van der Waals surface area contributed by atoms with Crippen LogP contribution in [0.2, 0.25) is 0 Å². The zero-order valence-electron chi connectivity index (χ0n) is 13.0. The zero-order chi connectivity index (χ0) is 14.7. The first kappa shape index (κ1) is 15.1. The largest absolute Gasteiger partial charge is 0.493 e. The molecule has 0 spiro atoms. The normalized spacial score (nSPS) is 18.2. The lowest BCUT2D eigenvalue weighted by Crippen LogP contribution is -2.43. The van der Waals surface area contributed by atoms with Crippen molar-refractivity contribution < 1.29 is 9.47 Å².